The van der Waals surface area contributed by atoms with Crippen LogP contribution in [0.3, 0.4) is 0 Å². The van der Waals surface area contributed by atoms with Gasteiger partial charge in [-0.05, 0) is 25.5 Å². The van der Waals surface area contributed by atoms with Gasteiger partial charge < -0.3 is 19.3 Å². The van der Waals surface area contributed by atoms with E-state index in [0.717, 1.165) is 5.82 Å². The molecule has 0 spiro atoms. The zero-order valence-electron chi connectivity index (χ0n) is 18.4. The number of anilines is 1. The minimum Gasteiger partial charge on any atom is -0.486 e. The standard InChI is InChI=1S/C22H28N6O4/c1-3-18(32-19-14-25-26-22(30)16(19)2)15-31-11-6-21(29)28-9-7-27(8-10-28)20-5-4-17(12-23)13-24-20/h4-5,13-14,18H,3,6-11,15H2,1-2H3,(H,26,30)/t18-/m1/s1. The second kappa shape index (κ2) is 11.2. The first-order chi connectivity index (χ1) is 15.5. The first-order valence-electron chi connectivity index (χ1n) is 10.7. The van der Waals surface area contributed by atoms with Gasteiger partial charge in [0.15, 0.2) is 0 Å². The highest BCUT2D eigenvalue weighted by Crippen LogP contribution is 2.16. The zero-order chi connectivity index (χ0) is 22.9. The van der Waals surface area contributed by atoms with Crippen LogP contribution in [0.1, 0.15) is 30.9 Å². The lowest BCUT2D eigenvalue weighted by Crippen LogP contribution is -2.49. The van der Waals surface area contributed by atoms with E-state index >= 15 is 0 Å². The molecule has 3 heterocycles. The van der Waals surface area contributed by atoms with Crippen LogP contribution in [0.4, 0.5) is 5.82 Å². The minimum atomic E-state index is -0.279. The molecule has 0 aliphatic carbocycles. The molecule has 1 fully saturated rings. The fourth-order valence-electron chi connectivity index (χ4n) is 3.33. The summed E-state index contributed by atoms with van der Waals surface area (Å²) in [4.78, 5) is 32.4. The predicted octanol–water partition coefficient (Wildman–Crippen LogP) is 1.26. The summed E-state index contributed by atoms with van der Waals surface area (Å²) in [5, 5.41) is 15.0. The Morgan fingerprint density at radius 3 is 2.72 bits per heavy atom. The van der Waals surface area contributed by atoms with Crippen LogP contribution >= 0.6 is 0 Å². The topological polar surface area (TPSA) is 124 Å². The maximum atomic E-state index is 12.5. The van der Waals surface area contributed by atoms with Crippen LogP contribution in [0.15, 0.2) is 29.3 Å². The predicted molar refractivity (Wildman–Crippen MR) is 117 cm³/mol. The summed E-state index contributed by atoms with van der Waals surface area (Å²) in [6, 6.07) is 5.64. The van der Waals surface area contributed by atoms with Gasteiger partial charge in [0, 0.05) is 32.4 Å². The second-order valence-electron chi connectivity index (χ2n) is 7.55. The molecule has 2 aromatic rings. The number of piperazine rings is 1. The number of carbonyl (C=O) groups is 1. The Balaban J connectivity index is 1.38. The van der Waals surface area contributed by atoms with E-state index in [9.17, 15) is 9.59 Å². The molecule has 0 saturated carbocycles. The second-order valence-corrected chi connectivity index (χ2v) is 7.55. The fourth-order valence-corrected chi connectivity index (χ4v) is 3.33. The minimum absolute atomic E-state index is 0.0565. The van der Waals surface area contributed by atoms with Crippen LogP contribution in [-0.4, -0.2) is 71.5 Å². The van der Waals surface area contributed by atoms with Gasteiger partial charge in [-0.2, -0.15) is 10.4 Å². The molecule has 10 heteroatoms. The van der Waals surface area contributed by atoms with Crippen LogP contribution in [0.5, 0.6) is 5.75 Å². The van der Waals surface area contributed by atoms with Crippen LogP contribution < -0.4 is 15.2 Å². The van der Waals surface area contributed by atoms with E-state index in [-0.39, 0.29) is 17.6 Å². The molecule has 0 aromatic carbocycles. The molecule has 32 heavy (non-hydrogen) atoms. The highest BCUT2D eigenvalue weighted by Gasteiger charge is 2.22. The van der Waals surface area contributed by atoms with Gasteiger partial charge in [-0.15, -0.1) is 0 Å². The lowest BCUT2D eigenvalue weighted by Gasteiger charge is -2.35. The summed E-state index contributed by atoms with van der Waals surface area (Å²) in [6.45, 7) is 6.92. The number of aromatic nitrogens is 3. The first-order valence-corrected chi connectivity index (χ1v) is 10.7. The molecular weight excluding hydrogens is 412 g/mol. The first kappa shape index (κ1) is 23.2. The number of hydrogen-bond donors (Lipinski definition) is 1. The summed E-state index contributed by atoms with van der Waals surface area (Å²) in [5.41, 5.74) is 0.727. The van der Waals surface area contributed by atoms with Gasteiger partial charge in [0.05, 0.1) is 37.0 Å². The molecule has 170 valence electrons. The number of hydrogen-bond acceptors (Lipinski definition) is 8. The summed E-state index contributed by atoms with van der Waals surface area (Å²) < 4.78 is 11.5. The lowest BCUT2D eigenvalue weighted by atomic mass is 10.2. The molecule has 2 aromatic heterocycles. The third kappa shape index (κ3) is 6.04. The number of nitriles is 1. The largest absolute Gasteiger partial charge is 0.486 e. The number of nitrogens with zero attached hydrogens (tertiary/aromatic N) is 5. The van der Waals surface area contributed by atoms with Crippen molar-refractivity contribution in [1.29, 1.82) is 5.26 Å². The number of nitrogens with one attached hydrogen (secondary N) is 1. The molecular formula is C22H28N6O4. The van der Waals surface area contributed by atoms with Crippen LogP contribution in [0.2, 0.25) is 0 Å². The molecule has 1 atom stereocenters. The van der Waals surface area contributed by atoms with Gasteiger partial charge in [0.2, 0.25) is 5.91 Å². The normalized spacial score (nSPS) is 14.7. The molecule has 0 bridgehead atoms. The Kier molecular flexibility index (Phi) is 8.16. The quantitative estimate of drug-likeness (QED) is 0.578. The van der Waals surface area contributed by atoms with Gasteiger partial charge in [0.25, 0.3) is 5.56 Å². The van der Waals surface area contributed by atoms with E-state index in [0.29, 0.717) is 69.1 Å². The molecule has 1 amide bonds. The van der Waals surface area contributed by atoms with E-state index < -0.39 is 0 Å². The van der Waals surface area contributed by atoms with Crippen LogP contribution in [-0.2, 0) is 9.53 Å². The monoisotopic (exact) mass is 440 g/mol. The van der Waals surface area contributed by atoms with Gasteiger partial charge in [-0.3, -0.25) is 9.59 Å². The van der Waals surface area contributed by atoms with Crippen molar-refractivity contribution in [3.05, 3.63) is 46.0 Å². The van der Waals surface area contributed by atoms with E-state index in [2.05, 4.69) is 26.2 Å². The van der Waals surface area contributed by atoms with E-state index in [4.69, 9.17) is 14.7 Å². The molecule has 1 N–H and O–H groups in total. The fraction of sp³-hybridized carbons (Fsp3) is 0.500. The third-order valence-electron chi connectivity index (χ3n) is 5.40. The van der Waals surface area contributed by atoms with Crippen molar-refractivity contribution in [2.75, 3.05) is 44.3 Å². The van der Waals surface area contributed by atoms with Crippen molar-refractivity contribution in [3.8, 4) is 11.8 Å². The lowest BCUT2D eigenvalue weighted by molar-refractivity contribution is -0.132. The number of amides is 1. The Bertz CT molecular complexity index is 993. The van der Waals surface area contributed by atoms with Crippen molar-refractivity contribution in [2.45, 2.75) is 32.8 Å². The van der Waals surface area contributed by atoms with Crippen LogP contribution in [0.25, 0.3) is 0 Å². The summed E-state index contributed by atoms with van der Waals surface area (Å²) in [6.07, 6.45) is 3.82. The number of H-pyrrole nitrogens is 1. The molecule has 0 unspecified atom stereocenters. The average molecular weight is 441 g/mol. The molecule has 1 aliphatic rings. The molecule has 1 saturated heterocycles. The molecule has 10 nitrogen and oxygen atoms in total. The van der Waals surface area contributed by atoms with E-state index in [1.165, 1.54) is 6.20 Å². The Labute approximate surface area is 186 Å². The maximum Gasteiger partial charge on any atom is 0.270 e. The van der Waals surface area contributed by atoms with Gasteiger partial charge >= 0.3 is 0 Å². The molecule has 1 aliphatic heterocycles. The molecule has 0 radical (unpaired) electrons. The van der Waals surface area contributed by atoms with Crippen molar-refractivity contribution in [2.24, 2.45) is 0 Å². The Hall–Kier alpha value is -3.45. The SMILES string of the molecule is CC[C@H](COCCC(=O)N1CCN(c2ccc(C#N)cn2)CC1)Oc1cn[nH]c(=O)c1C. The number of ether oxygens (including phenoxy) is 2. The number of rotatable bonds is 9. The summed E-state index contributed by atoms with van der Waals surface area (Å²) in [5.74, 6) is 1.31. The van der Waals surface area contributed by atoms with E-state index in [1.54, 1.807) is 19.2 Å². The Morgan fingerprint density at radius 2 is 2.06 bits per heavy atom. The maximum absolute atomic E-state index is 12.5. The van der Waals surface area contributed by atoms with Crippen molar-refractivity contribution < 1.29 is 14.3 Å². The van der Waals surface area contributed by atoms with E-state index in [1.807, 2.05) is 17.9 Å². The van der Waals surface area contributed by atoms with Crippen molar-refractivity contribution >= 4 is 11.7 Å². The molecule has 3 rings (SSSR count). The average Bonchev–Trinajstić information content (AvgIpc) is 2.83. The summed E-state index contributed by atoms with van der Waals surface area (Å²) >= 11 is 0. The van der Waals surface area contributed by atoms with Crippen LogP contribution in [0, 0.1) is 18.3 Å². The van der Waals surface area contributed by atoms with Gasteiger partial charge in [-0.25, -0.2) is 10.1 Å². The smallest absolute Gasteiger partial charge is 0.270 e. The zero-order valence-corrected chi connectivity index (χ0v) is 18.4. The highest BCUT2D eigenvalue weighted by molar-refractivity contribution is 5.76. The number of carbonyl (C=O) groups excluding carboxylic acids is 1. The summed E-state index contributed by atoms with van der Waals surface area (Å²) in [7, 11) is 0. The number of pyridine rings is 1. The van der Waals surface area contributed by atoms with Crippen molar-refractivity contribution in [3.63, 3.8) is 0 Å². The highest BCUT2D eigenvalue weighted by atomic mass is 16.5. The van der Waals surface area contributed by atoms with Crippen molar-refractivity contribution in [1.82, 2.24) is 20.1 Å². The third-order valence-corrected chi connectivity index (χ3v) is 5.40. The van der Waals surface area contributed by atoms with Gasteiger partial charge in [0.1, 0.15) is 23.7 Å². The van der Waals surface area contributed by atoms with Gasteiger partial charge in [-0.1, -0.05) is 6.92 Å². The Morgan fingerprint density at radius 1 is 1.28 bits per heavy atom. The number of aromatic amines is 1.